The summed E-state index contributed by atoms with van der Waals surface area (Å²) in [4.78, 5) is 37.3. The van der Waals surface area contributed by atoms with E-state index in [-0.39, 0.29) is 0 Å². The van der Waals surface area contributed by atoms with Crippen molar-refractivity contribution in [2.75, 3.05) is 5.32 Å². The van der Waals surface area contributed by atoms with Crippen LogP contribution in [0.5, 0.6) is 11.5 Å². The molecule has 3 aromatic carbocycles. The van der Waals surface area contributed by atoms with Crippen LogP contribution < -0.4 is 21.4 Å². The van der Waals surface area contributed by atoms with E-state index in [4.69, 9.17) is 4.74 Å². The van der Waals surface area contributed by atoms with E-state index >= 15 is 0 Å². The summed E-state index contributed by atoms with van der Waals surface area (Å²) in [6.45, 7) is -0.437. The Morgan fingerprint density at radius 2 is 1.50 bits per heavy atom. The van der Waals surface area contributed by atoms with E-state index in [2.05, 4.69) is 10.4 Å². The summed E-state index contributed by atoms with van der Waals surface area (Å²) >= 11 is 0. The van der Waals surface area contributed by atoms with E-state index in [1.54, 1.807) is 66.7 Å². The molecule has 0 aliphatic rings. The number of hydrogen-bond donors (Lipinski definition) is 2. The second-order valence-corrected chi connectivity index (χ2v) is 6.42. The predicted octanol–water partition coefficient (Wildman–Crippen LogP) is 2.76. The van der Waals surface area contributed by atoms with Crippen LogP contribution in [-0.4, -0.2) is 20.3 Å². The SMILES string of the molecule is O=C(Cn1c(=O)[nH]n(-c2ccccc2)c1=O)Nc1ccccc1Oc1ccccc1. The van der Waals surface area contributed by atoms with Crippen LogP contribution in [-0.2, 0) is 11.3 Å². The minimum atomic E-state index is -0.673. The standard InChI is InChI=1S/C22H18N4O4/c27-20(15-25-21(28)24-26(22(25)29)16-9-3-1-4-10-16)23-18-13-7-8-14-19(18)30-17-11-5-2-6-12-17/h1-14H,15H2,(H,23,27)(H,24,28). The Morgan fingerprint density at radius 1 is 0.867 bits per heavy atom. The van der Waals surface area contributed by atoms with Gasteiger partial charge in [-0.2, -0.15) is 0 Å². The number of carbonyl (C=O) groups excluding carboxylic acids is 1. The van der Waals surface area contributed by atoms with Crippen LogP contribution in [0.1, 0.15) is 0 Å². The Bertz CT molecular complexity index is 1270. The lowest BCUT2D eigenvalue weighted by molar-refractivity contribution is -0.116. The van der Waals surface area contributed by atoms with Crippen LogP contribution in [0.25, 0.3) is 5.69 Å². The van der Waals surface area contributed by atoms with E-state index < -0.39 is 23.8 Å². The molecule has 30 heavy (non-hydrogen) atoms. The lowest BCUT2D eigenvalue weighted by Crippen LogP contribution is -2.33. The zero-order valence-electron chi connectivity index (χ0n) is 15.8. The van der Waals surface area contributed by atoms with Gasteiger partial charge in [0.05, 0.1) is 11.4 Å². The molecule has 0 bridgehead atoms. The van der Waals surface area contributed by atoms with Gasteiger partial charge in [-0.15, -0.1) is 0 Å². The Labute approximate surface area is 171 Å². The number of aromatic nitrogens is 3. The number of ether oxygens (including phenoxy) is 1. The number of para-hydroxylation sites is 4. The van der Waals surface area contributed by atoms with E-state index in [9.17, 15) is 14.4 Å². The molecule has 8 nitrogen and oxygen atoms in total. The molecule has 0 aliphatic heterocycles. The van der Waals surface area contributed by atoms with Crippen molar-refractivity contribution in [3.05, 3.63) is 106 Å². The summed E-state index contributed by atoms with van der Waals surface area (Å²) < 4.78 is 7.75. The number of anilines is 1. The van der Waals surface area contributed by atoms with Crippen molar-refractivity contribution >= 4 is 11.6 Å². The van der Waals surface area contributed by atoms with Gasteiger partial charge in [0.25, 0.3) is 0 Å². The monoisotopic (exact) mass is 402 g/mol. The number of carbonyl (C=O) groups is 1. The third kappa shape index (κ3) is 4.07. The summed E-state index contributed by atoms with van der Waals surface area (Å²) in [7, 11) is 0. The largest absolute Gasteiger partial charge is 0.455 e. The number of rotatable bonds is 6. The maximum Gasteiger partial charge on any atom is 0.352 e. The Hall–Kier alpha value is -4.33. The van der Waals surface area contributed by atoms with Gasteiger partial charge in [-0.3, -0.25) is 4.79 Å². The first-order valence-corrected chi connectivity index (χ1v) is 9.21. The fourth-order valence-corrected chi connectivity index (χ4v) is 2.91. The lowest BCUT2D eigenvalue weighted by atomic mass is 10.3. The highest BCUT2D eigenvalue weighted by atomic mass is 16.5. The molecule has 0 radical (unpaired) electrons. The van der Waals surface area contributed by atoms with Gasteiger partial charge in [0.15, 0.2) is 5.75 Å². The number of benzene rings is 3. The molecule has 1 amide bonds. The van der Waals surface area contributed by atoms with Gasteiger partial charge in [0.2, 0.25) is 5.91 Å². The van der Waals surface area contributed by atoms with E-state index in [0.717, 1.165) is 9.25 Å². The van der Waals surface area contributed by atoms with Crippen molar-refractivity contribution in [3.8, 4) is 17.2 Å². The molecule has 0 atom stereocenters. The maximum absolute atomic E-state index is 12.6. The topological polar surface area (TPSA) is 98.1 Å². The van der Waals surface area contributed by atoms with Crippen LogP contribution in [0, 0.1) is 0 Å². The fourth-order valence-electron chi connectivity index (χ4n) is 2.91. The molecule has 150 valence electrons. The maximum atomic E-state index is 12.6. The van der Waals surface area contributed by atoms with Crippen molar-refractivity contribution in [1.29, 1.82) is 0 Å². The Balaban J connectivity index is 1.53. The number of nitrogens with one attached hydrogen (secondary N) is 2. The minimum Gasteiger partial charge on any atom is -0.455 e. The average Bonchev–Trinajstić information content (AvgIpc) is 3.05. The summed E-state index contributed by atoms with van der Waals surface area (Å²) in [5.74, 6) is 0.532. The molecule has 0 spiro atoms. The van der Waals surface area contributed by atoms with Crippen LogP contribution in [0.4, 0.5) is 5.69 Å². The van der Waals surface area contributed by atoms with Crippen molar-refractivity contribution in [2.45, 2.75) is 6.54 Å². The highest BCUT2D eigenvalue weighted by Gasteiger charge is 2.15. The lowest BCUT2D eigenvalue weighted by Gasteiger charge is -2.12. The van der Waals surface area contributed by atoms with Crippen LogP contribution in [0.3, 0.4) is 0 Å². The van der Waals surface area contributed by atoms with Crippen molar-refractivity contribution in [1.82, 2.24) is 14.3 Å². The second kappa shape index (κ2) is 8.36. The van der Waals surface area contributed by atoms with Gasteiger partial charge < -0.3 is 10.1 Å². The van der Waals surface area contributed by atoms with Crippen LogP contribution in [0.2, 0.25) is 0 Å². The van der Waals surface area contributed by atoms with E-state index in [1.807, 2.05) is 18.2 Å². The van der Waals surface area contributed by atoms with Gasteiger partial charge in [-0.1, -0.05) is 48.5 Å². The number of hydrogen-bond acceptors (Lipinski definition) is 4. The van der Waals surface area contributed by atoms with E-state index in [1.165, 1.54) is 0 Å². The molecular formula is C22H18N4O4. The molecular weight excluding hydrogens is 384 g/mol. The first-order valence-electron chi connectivity index (χ1n) is 9.21. The number of amides is 1. The summed E-state index contributed by atoms with van der Waals surface area (Å²) in [5, 5.41) is 5.15. The molecule has 4 aromatic rings. The normalized spacial score (nSPS) is 10.5. The molecule has 0 aliphatic carbocycles. The van der Waals surface area contributed by atoms with Crippen molar-refractivity contribution < 1.29 is 9.53 Å². The summed E-state index contributed by atoms with van der Waals surface area (Å²) in [6, 6.07) is 24.7. The van der Waals surface area contributed by atoms with Crippen LogP contribution in [0.15, 0.2) is 94.5 Å². The second-order valence-electron chi connectivity index (χ2n) is 6.42. The zero-order chi connectivity index (χ0) is 20.9. The molecule has 2 N–H and O–H groups in total. The molecule has 1 heterocycles. The quantitative estimate of drug-likeness (QED) is 0.518. The average molecular weight is 402 g/mol. The van der Waals surface area contributed by atoms with Gasteiger partial charge >= 0.3 is 11.4 Å². The third-order valence-electron chi connectivity index (χ3n) is 4.32. The first-order chi connectivity index (χ1) is 14.6. The molecule has 0 fully saturated rings. The molecule has 0 unspecified atom stereocenters. The third-order valence-corrected chi connectivity index (χ3v) is 4.32. The van der Waals surface area contributed by atoms with Crippen molar-refractivity contribution in [2.24, 2.45) is 0 Å². The smallest absolute Gasteiger partial charge is 0.352 e. The number of nitrogens with zero attached hydrogens (tertiary/aromatic N) is 2. The zero-order valence-corrected chi connectivity index (χ0v) is 15.8. The Kier molecular flexibility index (Phi) is 5.29. The summed E-state index contributed by atoms with van der Waals surface area (Å²) in [6.07, 6.45) is 0. The highest BCUT2D eigenvalue weighted by Crippen LogP contribution is 2.29. The number of aromatic amines is 1. The highest BCUT2D eigenvalue weighted by molar-refractivity contribution is 5.92. The first kappa shape index (κ1) is 19.0. The van der Waals surface area contributed by atoms with Crippen molar-refractivity contribution in [3.63, 3.8) is 0 Å². The van der Waals surface area contributed by atoms with Gasteiger partial charge in [0.1, 0.15) is 12.3 Å². The predicted molar refractivity (Wildman–Crippen MR) is 112 cm³/mol. The van der Waals surface area contributed by atoms with Gasteiger partial charge in [-0.25, -0.2) is 23.9 Å². The summed E-state index contributed by atoms with van der Waals surface area (Å²) in [5.41, 5.74) is -0.373. The number of H-pyrrole nitrogens is 1. The molecule has 8 heteroatoms. The fraction of sp³-hybridized carbons (Fsp3) is 0.0455. The molecule has 0 saturated heterocycles. The van der Waals surface area contributed by atoms with E-state index in [0.29, 0.717) is 22.9 Å². The van der Waals surface area contributed by atoms with Gasteiger partial charge in [-0.05, 0) is 36.4 Å². The molecule has 1 aromatic heterocycles. The minimum absolute atomic E-state index is 0.429. The van der Waals surface area contributed by atoms with Gasteiger partial charge in [0, 0.05) is 0 Å². The van der Waals surface area contributed by atoms with Crippen LogP contribution >= 0.6 is 0 Å². The molecule has 4 rings (SSSR count). The Morgan fingerprint density at radius 3 is 2.23 bits per heavy atom. The molecule has 0 saturated carbocycles.